The van der Waals surface area contributed by atoms with Crippen molar-refractivity contribution in [3.05, 3.63) is 47.6 Å². The summed E-state index contributed by atoms with van der Waals surface area (Å²) in [5.74, 6) is 0. The van der Waals surface area contributed by atoms with E-state index in [1.807, 2.05) is 25.3 Å². The number of hydrogen-bond donors (Lipinski definition) is 0. The first-order valence-electron chi connectivity index (χ1n) is 4.64. The molecule has 0 radical (unpaired) electrons. The second kappa shape index (κ2) is 6.43. The van der Waals surface area contributed by atoms with Crippen molar-refractivity contribution in [2.24, 2.45) is 0 Å². The van der Waals surface area contributed by atoms with Gasteiger partial charge in [-0.2, -0.15) is 0 Å². The van der Waals surface area contributed by atoms with Crippen LogP contribution in [-0.2, 0) is 4.74 Å². The van der Waals surface area contributed by atoms with E-state index in [2.05, 4.69) is 17.0 Å². The van der Waals surface area contributed by atoms with Crippen LogP contribution in [0.25, 0.3) is 4.91 Å². The smallest absolute Gasteiger partial charge is 0.0678 e. The molecule has 2 nitrogen and oxygen atoms in total. The van der Waals surface area contributed by atoms with Gasteiger partial charge in [-0.3, -0.25) is 4.98 Å². The van der Waals surface area contributed by atoms with E-state index in [0.29, 0.717) is 6.61 Å². The van der Waals surface area contributed by atoms with Crippen molar-refractivity contribution in [1.82, 2.24) is 4.98 Å². The second-order valence-electron chi connectivity index (χ2n) is 3.18. The molecular formula is C12H15NOS. The first kappa shape index (κ1) is 12.0. The van der Waals surface area contributed by atoms with Crippen molar-refractivity contribution in [2.45, 2.75) is 6.92 Å². The normalized spacial score (nSPS) is 11.5. The van der Waals surface area contributed by atoms with E-state index >= 15 is 0 Å². The molecule has 0 saturated carbocycles. The van der Waals surface area contributed by atoms with Crippen LogP contribution < -0.4 is 0 Å². The molecule has 0 unspecified atom stereocenters. The van der Waals surface area contributed by atoms with Crippen molar-refractivity contribution < 1.29 is 4.74 Å². The molecule has 0 saturated heterocycles. The Kier molecular flexibility index (Phi) is 5.15. The van der Waals surface area contributed by atoms with Crippen LogP contribution >= 0.6 is 11.8 Å². The third-order valence-electron chi connectivity index (χ3n) is 1.76. The number of nitrogens with zero attached hydrogens (tertiary/aromatic N) is 1. The Hall–Kier alpha value is -1.06. The zero-order chi connectivity index (χ0) is 11.1. The average Bonchev–Trinajstić information content (AvgIpc) is 2.27. The summed E-state index contributed by atoms with van der Waals surface area (Å²) in [4.78, 5) is 5.05. The summed E-state index contributed by atoms with van der Waals surface area (Å²) in [6.45, 7) is 6.69. The van der Waals surface area contributed by atoms with Gasteiger partial charge in [0.05, 0.1) is 6.61 Å². The molecule has 0 aliphatic rings. The minimum absolute atomic E-state index is 0.660. The predicted octanol–water partition coefficient (Wildman–Crippen LogP) is 3.34. The molecule has 0 fully saturated rings. The number of pyridine rings is 1. The zero-order valence-electron chi connectivity index (χ0n) is 9.06. The number of hydrogen-bond acceptors (Lipinski definition) is 3. The van der Waals surface area contributed by atoms with Crippen molar-refractivity contribution >= 4 is 16.7 Å². The molecular weight excluding hydrogens is 206 g/mol. The van der Waals surface area contributed by atoms with Crippen molar-refractivity contribution in [3.63, 3.8) is 0 Å². The molecule has 1 rings (SSSR count). The van der Waals surface area contributed by atoms with Gasteiger partial charge in [0.2, 0.25) is 0 Å². The van der Waals surface area contributed by atoms with Gasteiger partial charge >= 0.3 is 0 Å². The maximum Gasteiger partial charge on any atom is 0.0678 e. The van der Waals surface area contributed by atoms with Crippen LogP contribution in [0.1, 0.15) is 12.5 Å². The van der Waals surface area contributed by atoms with Crippen LogP contribution in [0.2, 0.25) is 0 Å². The molecule has 3 heteroatoms. The summed E-state index contributed by atoms with van der Waals surface area (Å²) >= 11 is 1.60. The summed E-state index contributed by atoms with van der Waals surface area (Å²) < 4.78 is 5.02. The molecule has 80 valence electrons. The molecule has 0 amide bonds. The Balaban J connectivity index is 2.54. The average molecular weight is 221 g/mol. The van der Waals surface area contributed by atoms with Gasteiger partial charge in [-0.05, 0) is 24.0 Å². The summed E-state index contributed by atoms with van der Waals surface area (Å²) in [7, 11) is 1.69. The molecule has 0 bridgehead atoms. The molecule has 1 heterocycles. The van der Waals surface area contributed by atoms with Gasteiger partial charge in [-0.1, -0.05) is 24.4 Å². The third-order valence-corrected chi connectivity index (χ3v) is 2.80. The molecule has 1 aromatic rings. The maximum atomic E-state index is 5.02. The van der Waals surface area contributed by atoms with Gasteiger partial charge < -0.3 is 4.74 Å². The lowest BCUT2D eigenvalue weighted by atomic mass is 10.3. The van der Waals surface area contributed by atoms with Crippen LogP contribution in [0.15, 0.2) is 42.1 Å². The summed E-state index contributed by atoms with van der Waals surface area (Å²) in [6.07, 6.45) is 3.57. The Morgan fingerprint density at radius 2 is 2.47 bits per heavy atom. The number of methoxy groups -OCH3 is 1. The van der Waals surface area contributed by atoms with E-state index < -0.39 is 0 Å². The lowest BCUT2D eigenvalue weighted by Gasteiger charge is -2.02. The molecule has 15 heavy (non-hydrogen) atoms. The molecule has 0 N–H and O–H groups in total. The highest BCUT2D eigenvalue weighted by Gasteiger charge is 1.97. The van der Waals surface area contributed by atoms with Gasteiger partial charge in [0.25, 0.3) is 0 Å². The Bertz CT molecular complexity index is 346. The molecule has 0 spiro atoms. The van der Waals surface area contributed by atoms with Crippen LogP contribution in [0.5, 0.6) is 0 Å². The monoisotopic (exact) mass is 221 g/mol. The third kappa shape index (κ3) is 4.32. The van der Waals surface area contributed by atoms with Gasteiger partial charge in [0, 0.05) is 30.0 Å². The topological polar surface area (TPSA) is 22.1 Å². The SMILES string of the molecule is C=C(S/C=C(\C)COC)c1cccnc1. The van der Waals surface area contributed by atoms with E-state index in [9.17, 15) is 0 Å². The summed E-state index contributed by atoms with van der Waals surface area (Å²) in [5.41, 5.74) is 2.25. The zero-order valence-corrected chi connectivity index (χ0v) is 9.88. The Morgan fingerprint density at radius 1 is 1.67 bits per heavy atom. The first-order valence-corrected chi connectivity index (χ1v) is 5.52. The molecule has 0 aromatic carbocycles. The number of thioether (sulfide) groups is 1. The molecule has 0 aliphatic heterocycles. The van der Waals surface area contributed by atoms with Gasteiger partial charge in [-0.25, -0.2) is 0 Å². The predicted molar refractivity (Wildman–Crippen MR) is 66.5 cm³/mol. The second-order valence-corrected chi connectivity index (χ2v) is 4.14. The minimum atomic E-state index is 0.660. The highest BCUT2D eigenvalue weighted by atomic mass is 32.2. The lowest BCUT2D eigenvalue weighted by molar-refractivity contribution is 0.226. The Labute approximate surface area is 95.1 Å². The van der Waals surface area contributed by atoms with E-state index in [4.69, 9.17) is 4.74 Å². The maximum absolute atomic E-state index is 5.02. The fourth-order valence-electron chi connectivity index (χ4n) is 1.03. The highest BCUT2D eigenvalue weighted by Crippen LogP contribution is 2.26. The highest BCUT2D eigenvalue weighted by molar-refractivity contribution is 8.10. The van der Waals surface area contributed by atoms with E-state index in [0.717, 1.165) is 10.5 Å². The summed E-state index contributed by atoms with van der Waals surface area (Å²) in [5, 5.41) is 2.05. The Morgan fingerprint density at radius 3 is 3.07 bits per heavy atom. The minimum Gasteiger partial charge on any atom is -0.380 e. The number of aromatic nitrogens is 1. The van der Waals surface area contributed by atoms with Crippen LogP contribution in [0.4, 0.5) is 0 Å². The number of rotatable bonds is 5. The standard InChI is InChI=1S/C12H15NOS/c1-10(8-14-3)9-15-11(2)12-5-4-6-13-7-12/h4-7,9H,2,8H2,1,3H3/b10-9+. The van der Waals surface area contributed by atoms with Crippen LogP contribution in [0.3, 0.4) is 0 Å². The van der Waals surface area contributed by atoms with E-state index in [-0.39, 0.29) is 0 Å². The number of ether oxygens (including phenoxy) is 1. The van der Waals surface area contributed by atoms with Crippen LogP contribution in [-0.4, -0.2) is 18.7 Å². The van der Waals surface area contributed by atoms with Gasteiger partial charge in [-0.15, -0.1) is 0 Å². The lowest BCUT2D eigenvalue weighted by Crippen LogP contribution is -1.88. The fraction of sp³-hybridized carbons (Fsp3) is 0.250. The first-order chi connectivity index (χ1) is 7.24. The largest absolute Gasteiger partial charge is 0.380 e. The van der Waals surface area contributed by atoms with Gasteiger partial charge in [0.1, 0.15) is 0 Å². The van der Waals surface area contributed by atoms with E-state index in [1.165, 1.54) is 5.57 Å². The van der Waals surface area contributed by atoms with Gasteiger partial charge in [0.15, 0.2) is 0 Å². The van der Waals surface area contributed by atoms with Crippen molar-refractivity contribution in [1.29, 1.82) is 0 Å². The summed E-state index contributed by atoms with van der Waals surface area (Å²) in [6, 6.07) is 3.91. The molecule has 0 aliphatic carbocycles. The quantitative estimate of drug-likeness (QED) is 0.761. The van der Waals surface area contributed by atoms with E-state index in [1.54, 1.807) is 25.1 Å². The van der Waals surface area contributed by atoms with Crippen LogP contribution in [0, 0.1) is 0 Å². The van der Waals surface area contributed by atoms with Crippen molar-refractivity contribution in [2.75, 3.05) is 13.7 Å². The molecule has 1 aromatic heterocycles. The van der Waals surface area contributed by atoms with Crippen molar-refractivity contribution in [3.8, 4) is 0 Å². The fourth-order valence-corrected chi connectivity index (χ4v) is 1.70. The molecule has 0 atom stereocenters.